The maximum atomic E-state index is 5.63. The van der Waals surface area contributed by atoms with Gasteiger partial charge in [0.05, 0.1) is 31.1 Å². The number of anilines is 2. The molecule has 5 rings (SSSR count). The van der Waals surface area contributed by atoms with Crippen molar-refractivity contribution in [3.05, 3.63) is 53.9 Å². The maximum absolute atomic E-state index is 5.63. The van der Waals surface area contributed by atoms with Gasteiger partial charge in [0.1, 0.15) is 5.82 Å². The van der Waals surface area contributed by atoms with Crippen molar-refractivity contribution < 1.29 is 4.74 Å². The Kier molecular flexibility index (Phi) is 3.82. The first-order chi connectivity index (χ1) is 12.8. The maximum Gasteiger partial charge on any atom is 0.128 e. The highest BCUT2D eigenvalue weighted by molar-refractivity contribution is 5.85. The molecule has 0 radical (unpaired) electrons. The fraction of sp³-hybridized carbons (Fsp3) is 0.381. The molecule has 0 saturated carbocycles. The van der Waals surface area contributed by atoms with Crippen LogP contribution in [0.15, 0.2) is 42.6 Å². The molecule has 26 heavy (non-hydrogen) atoms. The van der Waals surface area contributed by atoms with E-state index in [9.17, 15) is 0 Å². The molecule has 1 atom stereocenters. The van der Waals surface area contributed by atoms with Crippen LogP contribution in [0.25, 0.3) is 10.9 Å². The normalized spacial score (nSPS) is 20.4. The van der Waals surface area contributed by atoms with Crippen LogP contribution in [0, 0.1) is 0 Å². The summed E-state index contributed by atoms with van der Waals surface area (Å²) in [4.78, 5) is 13.1. The van der Waals surface area contributed by atoms with Crippen molar-refractivity contribution in [1.29, 1.82) is 0 Å². The zero-order valence-electron chi connectivity index (χ0n) is 15.1. The molecule has 5 heteroatoms. The van der Waals surface area contributed by atoms with E-state index in [0.29, 0.717) is 0 Å². The van der Waals surface area contributed by atoms with Gasteiger partial charge in [0.25, 0.3) is 0 Å². The number of hydrogen-bond donors (Lipinski definition) is 1. The van der Waals surface area contributed by atoms with E-state index in [1.54, 1.807) is 0 Å². The third-order valence-corrected chi connectivity index (χ3v) is 5.55. The average Bonchev–Trinajstić information content (AvgIpc) is 3.06. The lowest BCUT2D eigenvalue weighted by atomic mass is 10.0. The highest BCUT2D eigenvalue weighted by atomic mass is 16.5. The third kappa shape index (κ3) is 2.72. The van der Waals surface area contributed by atoms with Crippen LogP contribution in [0.2, 0.25) is 0 Å². The molecule has 1 fully saturated rings. The number of ether oxygens (including phenoxy) is 1. The Morgan fingerprint density at radius 3 is 2.88 bits per heavy atom. The van der Waals surface area contributed by atoms with Crippen LogP contribution >= 0.6 is 0 Å². The smallest absolute Gasteiger partial charge is 0.128 e. The van der Waals surface area contributed by atoms with Crippen LogP contribution in [-0.4, -0.2) is 42.3 Å². The number of fused-ring (bicyclic) bond motifs is 3. The Labute approximate surface area is 153 Å². The number of para-hydroxylation sites is 1. The number of rotatable bonds is 2. The van der Waals surface area contributed by atoms with Crippen LogP contribution in [-0.2, 0) is 17.7 Å². The summed E-state index contributed by atoms with van der Waals surface area (Å²) in [6.07, 6.45) is 3.36. The molecule has 3 aromatic rings. The first-order valence-electron chi connectivity index (χ1n) is 9.44. The largest absolute Gasteiger partial charge is 0.375 e. The van der Waals surface area contributed by atoms with Crippen molar-refractivity contribution in [3.8, 4) is 0 Å². The summed E-state index contributed by atoms with van der Waals surface area (Å²) in [6.45, 7) is 6.67. The number of H-pyrrole nitrogens is 1. The van der Waals surface area contributed by atoms with Gasteiger partial charge >= 0.3 is 0 Å². The molecule has 1 aromatic carbocycles. The number of benzene rings is 1. The van der Waals surface area contributed by atoms with Gasteiger partial charge in [0.15, 0.2) is 0 Å². The minimum absolute atomic E-state index is 0.271. The number of aromatic amines is 1. The summed E-state index contributed by atoms with van der Waals surface area (Å²) in [5.74, 6) is 1.05. The molecule has 1 N–H and O–H groups in total. The quantitative estimate of drug-likeness (QED) is 0.771. The number of aromatic nitrogens is 2. The van der Waals surface area contributed by atoms with Crippen molar-refractivity contribution >= 4 is 22.4 Å². The first-order valence-corrected chi connectivity index (χ1v) is 9.44. The van der Waals surface area contributed by atoms with E-state index in [0.717, 1.165) is 45.0 Å². The summed E-state index contributed by atoms with van der Waals surface area (Å²) in [6, 6.07) is 13.0. The van der Waals surface area contributed by atoms with E-state index >= 15 is 0 Å². The lowest BCUT2D eigenvalue weighted by molar-refractivity contribution is 0.0529. The van der Waals surface area contributed by atoms with E-state index in [1.165, 1.54) is 27.8 Å². The van der Waals surface area contributed by atoms with Crippen LogP contribution in [0.1, 0.15) is 18.2 Å². The first kappa shape index (κ1) is 15.7. The molecular formula is C21H24N4O. The van der Waals surface area contributed by atoms with Gasteiger partial charge in [-0.25, -0.2) is 4.98 Å². The van der Waals surface area contributed by atoms with Crippen molar-refractivity contribution in [2.24, 2.45) is 0 Å². The zero-order chi connectivity index (χ0) is 17.5. The summed E-state index contributed by atoms with van der Waals surface area (Å²) >= 11 is 0. The topological polar surface area (TPSA) is 44.4 Å². The lowest BCUT2D eigenvalue weighted by Gasteiger charge is -2.33. The van der Waals surface area contributed by atoms with Gasteiger partial charge in [-0.1, -0.05) is 18.2 Å². The SMILES string of the molecule is C[C@H]1CN(c2ccc(N3CCc4c([nH]c5ccccc45)C3)cn2)CCO1. The molecule has 2 aliphatic heterocycles. The monoisotopic (exact) mass is 348 g/mol. The van der Waals surface area contributed by atoms with Gasteiger partial charge in [-0.3, -0.25) is 0 Å². The Morgan fingerprint density at radius 1 is 1.12 bits per heavy atom. The Bertz CT molecular complexity index is 917. The summed E-state index contributed by atoms with van der Waals surface area (Å²) in [7, 11) is 0. The molecule has 1 saturated heterocycles. The van der Waals surface area contributed by atoms with Gasteiger partial charge in [-0.2, -0.15) is 0 Å². The van der Waals surface area contributed by atoms with Crippen LogP contribution in [0.3, 0.4) is 0 Å². The summed E-state index contributed by atoms with van der Waals surface area (Å²) in [5.41, 5.74) is 5.25. The van der Waals surface area contributed by atoms with Gasteiger partial charge < -0.3 is 19.5 Å². The second-order valence-electron chi connectivity index (χ2n) is 7.30. The zero-order valence-corrected chi connectivity index (χ0v) is 15.1. The fourth-order valence-electron chi connectivity index (χ4n) is 4.19. The van der Waals surface area contributed by atoms with Crippen molar-refractivity contribution in [2.45, 2.75) is 26.0 Å². The Balaban J connectivity index is 1.36. The highest BCUT2D eigenvalue weighted by Gasteiger charge is 2.22. The van der Waals surface area contributed by atoms with Crippen molar-refractivity contribution in [2.75, 3.05) is 36.0 Å². The molecule has 0 aliphatic carbocycles. The molecule has 0 amide bonds. The molecule has 4 heterocycles. The molecule has 0 spiro atoms. The van der Waals surface area contributed by atoms with E-state index in [1.807, 2.05) is 6.20 Å². The summed E-state index contributed by atoms with van der Waals surface area (Å²) < 4.78 is 5.63. The van der Waals surface area contributed by atoms with Crippen LogP contribution in [0.4, 0.5) is 11.5 Å². The molecule has 134 valence electrons. The van der Waals surface area contributed by atoms with Crippen molar-refractivity contribution in [3.63, 3.8) is 0 Å². The molecular weight excluding hydrogens is 324 g/mol. The number of pyridine rings is 1. The second kappa shape index (κ2) is 6.32. The Morgan fingerprint density at radius 2 is 2.04 bits per heavy atom. The average molecular weight is 348 g/mol. The standard InChI is InChI=1S/C21H24N4O/c1-15-13-25(10-11-26-15)21-7-6-16(12-22-21)24-9-8-18-17-4-2-3-5-19(17)23-20(18)14-24/h2-7,12,15,23H,8-11,13-14H2,1H3/t15-/m0/s1. The minimum Gasteiger partial charge on any atom is -0.375 e. The predicted octanol–water partition coefficient (Wildman–Crippen LogP) is 3.35. The Hall–Kier alpha value is -2.53. The minimum atomic E-state index is 0.271. The van der Waals surface area contributed by atoms with E-state index in [-0.39, 0.29) is 6.10 Å². The predicted molar refractivity (Wildman–Crippen MR) is 105 cm³/mol. The second-order valence-corrected chi connectivity index (χ2v) is 7.30. The van der Waals surface area contributed by atoms with Crippen molar-refractivity contribution in [1.82, 2.24) is 9.97 Å². The van der Waals surface area contributed by atoms with Gasteiger partial charge in [-0.05, 0) is 37.1 Å². The fourth-order valence-corrected chi connectivity index (χ4v) is 4.19. The number of morpholine rings is 1. The molecule has 2 aliphatic rings. The highest BCUT2D eigenvalue weighted by Crippen LogP contribution is 2.30. The van der Waals surface area contributed by atoms with E-state index in [4.69, 9.17) is 9.72 Å². The van der Waals surface area contributed by atoms with E-state index < -0.39 is 0 Å². The van der Waals surface area contributed by atoms with Crippen LogP contribution < -0.4 is 9.80 Å². The molecule has 5 nitrogen and oxygen atoms in total. The van der Waals surface area contributed by atoms with Gasteiger partial charge in [0.2, 0.25) is 0 Å². The molecule has 2 aromatic heterocycles. The molecule has 0 bridgehead atoms. The van der Waals surface area contributed by atoms with Crippen LogP contribution in [0.5, 0.6) is 0 Å². The molecule has 0 unspecified atom stereocenters. The van der Waals surface area contributed by atoms with Gasteiger partial charge in [0, 0.05) is 36.2 Å². The van der Waals surface area contributed by atoms with E-state index in [2.05, 4.69) is 58.1 Å². The number of nitrogens with zero attached hydrogens (tertiary/aromatic N) is 3. The summed E-state index contributed by atoms with van der Waals surface area (Å²) in [5, 5.41) is 1.37. The lowest BCUT2D eigenvalue weighted by Crippen LogP contribution is -2.41. The number of hydrogen-bond acceptors (Lipinski definition) is 4. The third-order valence-electron chi connectivity index (χ3n) is 5.55. The van der Waals surface area contributed by atoms with Gasteiger partial charge in [-0.15, -0.1) is 0 Å². The number of nitrogens with one attached hydrogen (secondary N) is 1.